The number of thiophene rings is 1. The molecule has 1 heterocycles. The van der Waals surface area contributed by atoms with Gasteiger partial charge in [0.15, 0.2) is 0 Å². The van der Waals surface area contributed by atoms with Crippen molar-refractivity contribution < 1.29 is 31.4 Å². The van der Waals surface area contributed by atoms with Gasteiger partial charge in [0.05, 0.1) is 26.4 Å². The average molecular weight is 386 g/mol. The Kier molecular flexibility index (Phi) is 4.61. The van der Waals surface area contributed by atoms with Crippen LogP contribution in [0.4, 0.5) is 26.3 Å². The van der Waals surface area contributed by atoms with Crippen LogP contribution in [0.25, 0.3) is 0 Å². The van der Waals surface area contributed by atoms with Crippen LogP contribution in [0.3, 0.4) is 0 Å². The van der Waals surface area contributed by atoms with Gasteiger partial charge in [-0.15, -0.1) is 11.3 Å². The second kappa shape index (κ2) is 5.95. The Balaban J connectivity index is 2.76. The van der Waals surface area contributed by atoms with Crippen LogP contribution in [0, 0.1) is 11.3 Å². The average Bonchev–Trinajstić information content (AvgIpc) is 2.90. The van der Waals surface area contributed by atoms with Crippen molar-refractivity contribution in [3.63, 3.8) is 0 Å². The highest BCUT2D eigenvalue weighted by molar-refractivity contribution is 7.16. The highest BCUT2D eigenvalue weighted by Crippen LogP contribution is 2.48. The van der Waals surface area contributed by atoms with Crippen molar-refractivity contribution in [2.45, 2.75) is 18.0 Å². The van der Waals surface area contributed by atoms with E-state index in [4.69, 9.17) is 16.9 Å². The molecule has 0 aliphatic carbocycles. The molecule has 0 fully saturated rings. The van der Waals surface area contributed by atoms with Crippen molar-refractivity contribution in [3.05, 3.63) is 56.2 Å². The summed E-state index contributed by atoms with van der Waals surface area (Å²) in [6.45, 7) is 0. The van der Waals surface area contributed by atoms with Crippen LogP contribution in [0.15, 0.2) is 30.3 Å². The molecule has 0 bridgehead atoms. The summed E-state index contributed by atoms with van der Waals surface area (Å²) >= 11 is 5.96. The van der Waals surface area contributed by atoms with Crippen LogP contribution in [-0.2, 0) is 11.8 Å². The van der Waals surface area contributed by atoms with Crippen molar-refractivity contribution in [2.24, 2.45) is 0 Å². The number of rotatable bonds is 2. The molecule has 1 aromatic heterocycles. The molecule has 2 rings (SSSR count). The number of aliphatic hydroxyl groups is 1. The molecule has 2 nitrogen and oxygen atoms in total. The first kappa shape index (κ1) is 18.6. The molecule has 0 spiro atoms. The fraction of sp³-hybridized carbons (Fsp3) is 0.214. The largest absolute Gasteiger partial charge is 0.426 e. The molecule has 0 aliphatic rings. The minimum atomic E-state index is -5.31. The molecule has 2 aromatic rings. The summed E-state index contributed by atoms with van der Waals surface area (Å²) in [5.41, 5.74) is -7.15. The van der Waals surface area contributed by atoms with E-state index in [2.05, 4.69) is 0 Å². The van der Waals surface area contributed by atoms with Crippen LogP contribution in [0.2, 0.25) is 4.34 Å². The number of nitriles is 1. The molecule has 1 atom stereocenters. The Morgan fingerprint density at radius 1 is 1.04 bits per heavy atom. The molecule has 24 heavy (non-hydrogen) atoms. The summed E-state index contributed by atoms with van der Waals surface area (Å²) in [5.74, 6) is 0. The maximum absolute atomic E-state index is 13.5. The smallest absolute Gasteiger partial charge is 0.372 e. The number of halogens is 7. The standard InChI is InChI=1S/C14H6ClF6NOS/c15-11-4-3-10(24-11)12(23,14(19,20)21)8-2-1-7(6-22)9(5-8)13(16,17)18/h1-5,23H. The van der Waals surface area contributed by atoms with Crippen molar-refractivity contribution in [2.75, 3.05) is 0 Å². The lowest BCUT2D eigenvalue weighted by Gasteiger charge is -2.30. The van der Waals surface area contributed by atoms with Crippen molar-refractivity contribution in [1.82, 2.24) is 0 Å². The summed E-state index contributed by atoms with van der Waals surface area (Å²) < 4.78 is 79.2. The SMILES string of the molecule is N#Cc1ccc(C(O)(c2ccc(Cl)s2)C(F)(F)F)cc1C(F)(F)F. The Morgan fingerprint density at radius 2 is 1.67 bits per heavy atom. The minimum Gasteiger partial charge on any atom is -0.372 e. The van der Waals surface area contributed by atoms with Gasteiger partial charge in [-0.1, -0.05) is 17.7 Å². The first-order valence-electron chi connectivity index (χ1n) is 6.08. The second-order valence-electron chi connectivity index (χ2n) is 4.68. The van der Waals surface area contributed by atoms with E-state index in [1.165, 1.54) is 6.07 Å². The molecule has 0 aliphatic heterocycles. The molecule has 0 saturated heterocycles. The second-order valence-corrected chi connectivity index (χ2v) is 6.40. The number of hydrogen-bond acceptors (Lipinski definition) is 3. The third-order valence-electron chi connectivity index (χ3n) is 3.20. The number of hydrogen-bond donors (Lipinski definition) is 1. The summed E-state index contributed by atoms with van der Waals surface area (Å²) in [7, 11) is 0. The predicted octanol–water partition coefficient (Wildman–Crippen LogP) is 5.09. The molecule has 0 amide bonds. The molecule has 0 radical (unpaired) electrons. The Bertz CT molecular complexity index is 807. The minimum absolute atomic E-state index is 0.0719. The fourth-order valence-electron chi connectivity index (χ4n) is 2.06. The van der Waals surface area contributed by atoms with Crippen LogP contribution in [0.1, 0.15) is 21.6 Å². The van der Waals surface area contributed by atoms with E-state index in [1.807, 2.05) is 0 Å². The van der Waals surface area contributed by atoms with Gasteiger partial charge >= 0.3 is 12.4 Å². The molecular weight excluding hydrogens is 380 g/mol. The number of benzene rings is 1. The third kappa shape index (κ3) is 3.09. The first-order valence-corrected chi connectivity index (χ1v) is 7.27. The van der Waals surface area contributed by atoms with E-state index in [9.17, 15) is 31.4 Å². The third-order valence-corrected chi connectivity index (χ3v) is 4.54. The Hall–Kier alpha value is -1.76. The fourth-order valence-corrected chi connectivity index (χ4v) is 3.23. The van der Waals surface area contributed by atoms with Crippen LogP contribution in [0.5, 0.6) is 0 Å². The van der Waals surface area contributed by atoms with E-state index in [0.29, 0.717) is 23.5 Å². The van der Waals surface area contributed by atoms with Gasteiger partial charge < -0.3 is 5.11 Å². The van der Waals surface area contributed by atoms with Crippen molar-refractivity contribution in [3.8, 4) is 6.07 Å². The monoisotopic (exact) mass is 385 g/mol. The van der Waals surface area contributed by atoms with Gasteiger partial charge in [-0.3, -0.25) is 0 Å². The van der Waals surface area contributed by atoms with Crippen LogP contribution < -0.4 is 0 Å². The topological polar surface area (TPSA) is 44.0 Å². The zero-order chi connectivity index (χ0) is 18.3. The summed E-state index contributed by atoms with van der Waals surface area (Å²) in [6, 6.07) is 4.58. The molecular formula is C14H6ClF6NOS. The van der Waals surface area contributed by atoms with Gasteiger partial charge in [-0.2, -0.15) is 31.6 Å². The van der Waals surface area contributed by atoms with E-state index < -0.39 is 39.5 Å². The van der Waals surface area contributed by atoms with Gasteiger partial charge in [-0.05, 0) is 29.8 Å². The van der Waals surface area contributed by atoms with E-state index in [-0.39, 0.29) is 10.4 Å². The molecule has 1 aromatic carbocycles. The lowest BCUT2D eigenvalue weighted by atomic mass is 9.88. The zero-order valence-corrected chi connectivity index (χ0v) is 12.9. The Morgan fingerprint density at radius 3 is 2.08 bits per heavy atom. The number of alkyl halides is 6. The maximum Gasteiger partial charge on any atom is 0.426 e. The maximum atomic E-state index is 13.5. The molecule has 0 saturated carbocycles. The van der Waals surface area contributed by atoms with Gasteiger partial charge in [0.2, 0.25) is 5.60 Å². The highest BCUT2D eigenvalue weighted by atomic mass is 35.5. The van der Waals surface area contributed by atoms with E-state index in [1.54, 1.807) is 0 Å². The lowest BCUT2D eigenvalue weighted by Crippen LogP contribution is -2.42. The zero-order valence-electron chi connectivity index (χ0n) is 11.3. The van der Waals surface area contributed by atoms with E-state index in [0.717, 1.165) is 12.1 Å². The van der Waals surface area contributed by atoms with Gasteiger partial charge in [0, 0.05) is 0 Å². The van der Waals surface area contributed by atoms with Crippen molar-refractivity contribution in [1.29, 1.82) is 5.26 Å². The quantitative estimate of drug-likeness (QED) is 0.732. The van der Waals surface area contributed by atoms with E-state index >= 15 is 0 Å². The number of nitrogens with zero attached hydrogens (tertiary/aromatic N) is 1. The summed E-state index contributed by atoms with van der Waals surface area (Å²) in [5, 5.41) is 18.9. The first-order chi connectivity index (χ1) is 10.9. The summed E-state index contributed by atoms with van der Waals surface area (Å²) in [4.78, 5) is -0.683. The molecule has 10 heteroatoms. The predicted molar refractivity (Wildman–Crippen MR) is 74.5 cm³/mol. The van der Waals surface area contributed by atoms with Gasteiger partial charge in [-0.25, -0.2) is 0 Å². The van der Waals surface area contributed by atoms with Gasteiger partial charge in [0.1, 0.15) is 0 Å². The van der Waals surface area contributed by atoms with Crippen LogP contribution >= 0.6 is 22.9 Å². The van der Waals surface area contributed by atoms with Gasteiger partial charge in [0.25, 0.3) is 0 Å². The molecule has 1 N–H and O–H groups in total. The highest BCUT2D eigenvalue weighted by Gasteiger charge is 2.57. The van der Waals surface area contributed by atoms with Crippen molar-refractivity contribution >= 4 is 22.9 Å². The summed E-state index contributed by atoms with van der Waals surface area (Å²) in [6.07, 6.45) is -10.4. The normalized spacial score (nSPS) is 15.0. The molecule has 128 valence electrons. The lowest BCUT2D eigenvalue weighted by molar-refractivity contribution is -0.247. The Labute approximate surface area is 140 Å². The molecule has 1 unspecified atom stereocenters. The van der Waals surface area contributed by atoms with Crippen LogP contribution in [-0.4, -0.2) is 11.3 Å².